The van der Waals surface area contributed by atoms with Crippen LogP contribution in [0, 0.1) is 11.3 Å². The van der Waals surface area contributed by atoms with E-state index in [4.69, 9.17) is 10.00 Å². The fourth-order valence-corrected chi connectivity index (χ4v) is 3.90. The predicted molar refractivity (Wildman–Crippen MR) is 115 cm³/mol. The molecule has 0 spiro atoms. The Morgan fingerprint density at radius 2 is 1.83 bits per heavy atom. The molecule has 1 aliphatic heterocycles. The Balaban J connectivity index is 1.54. The number of ether oxygens (including phenoxy) is 1. The minimum atomic E-state index is -0.231. The van der Waals surface area contributed by atoms with Crippen LogP contribution in [0.15, 0.2) is 48.5 Å². The summed E-state index contributed by atoms with van der Waals surface area (Å²) in [6.45, 7) is 6.72. The van der Waals surface area contributed by atoms with Gasteiger partial charge in [-0.2, -0.15) is 5.26 Å². The van der Waals surface area contributed by atoms with E-state index in [0.717, 1.165) is 37.2 Å². The predicted octanol–water partition coefficient (Wildman–Crippen LogP) is 4.56. The summed E-state index contributed by atoms with van der Waals surface area (Å²) in [6, 6.07) is 18.7. The minimum Gasteiger partial charge on any atom is -0.494 e. The summed E-state index contributed by atoms with van der Waals surface area (Å²) in [5.74, 6) is 1.25. The van der Waals surface area contributed by atoms with Gasteiger partial charge in [0.05, 0.1) is 18.7 Å². The van der Waals surface area contributed by atoms with Crippen molar-refractivity contribution in [3.63, 3.8) is 0 Å². The molecule has 0 aliphatic carbocycles. The van der Waals surface area contributed by atoms with Crippen LogP contribution in [-0.2, 0) is 4.79 Å². The van der Waals surface area contributed by atoms with Crippen LogP contribution in [0.4, 0.5) is 5.69 Å². The third-order valence-electron chi connectivity index (χ3n) is 5.53. The normalized spacial score (nSPS) is 15.4. The Kier molecular flexibility index (Phi) is 7.13. The molecule has 5 heteroatoms. The van der Waals surface area contributed by atoms with E-state index in [1.54, 1.807) is 0 Å². The van der Waals surface area contributed by atoms with Gasteiger partial charge in [0.25, 0.3) is 0 Å². The molecule has 1 atom stereocenters. The van der Waals surface area contributed by atoms with Gasteiger partial charge in [-0.1, -0.05) is 24.3 Å². The number of nitrogens with one attached hydrogen (secondary N) is 1. The number of piperidine rings is 1. The smallest absolute Gasteiger partial charge is 0.234 e. The summed E-state index contributed by atoms with van der Waals surface area (Å²) in [5.41, 5.74) is 3.67. The van der Waals surface area contributed by atoms with Crippen LogP contribution in [-0.4, -0.2) is 25.6 Å². The lowest BCUT2D eigenvalue weighted by Gasteiger charge is -2.34. The standard InChI is InChI=1S/C24H29N3O2/c1-3-29-23-10-8-22(9-11-23)27-16-13-21(14-17-27)20-6-4-19(5-7-20)18(2)26-24(28)12-15-25/h4-11,18,21H,3,12-14,16-17H2,1-2H3,(H,26,28)/t18-/m0/s1. The summed E-state index contributed by atoms with van der Waals surface area (Å²) in [4.78, 5) is 14.0. The summed E-state index contributed by atoms with van der Waals surface area (Å²) >= 11 is 0. The molecule has 0 saturated carbocycles. The van der Waals surface area contributed by atoms with E-state index in [0.29, 0.717) is 12.5 Å². The van der Waals surface area contributed by atoms with Crippen molar-refractivity contribution in [2.24, 2.45) is 0 Å². The minimum absolute atomic E-state index is 0.0913. The highest BCUT2D eigenvalue weighted by molar-refractivity contribution is 5.78. The van der Waals surface area contributed by atoms with Gasteiger partial charge in [-0.05, 0) is 68.0 Å². The zero-order chi connectivity index (χ0) is 20.6. The van der Waals surface area contributed by atoms with Gasteiger partial charge in [0, 0.05) is 18.8 Å². The van der Waals surface area contributed by atoms with E-state index in [-0.39, 0.29) is 18.4 Å². The molecular formula is C24H29N3O2. The number of hydrogen-bond acceptors (Lipinski definition) is 4. The molecule has 1 N–H and O–H groups in total. The van der Waals surface area contributed by atoms with Crippen LogP contribution in [0.3, 0.4) is 0 Å². The number of carbonyl (C=O) groups excluding carboxylic acids is 1. The van der Waals surface area contributed by atoms with E-state index in [1.165, 1.54) is 11.3 Å². The van der Waals surface area contributed by atoms with E-state index in [1.807, 2.05) is 32.0 Å². The molecule has 3 rings (SSSR count). The van der Waals surface area contributed by atoms with Gasteiger partial charge >= 0.3 is 0 Å². The molecule has 1 saturated heterocycles. The maximum absolute atomic E-state index is 11.6. The van der Waals surface area contributed by atoms with Gasteiger partial charge in [0.1, 0.15) is 12.2 Å². The Bertz CT molecular complexity index is 832. The molecule has 1 heterocycles. The average Bonchev–Trinajstić information content (AvgIpc) is 2.75. The van der Waals surface area contributed by atoms with Crippen molar-refractivity contribution in [2.45, 2.75) is 45.1 Å². The molecule has 152 valence electrons. The summed E-state index contributed by atoms with van der Waals surface area (Å²) < 4.78 is 5.53. The average molecular weight is 392 g/mol. The van der Waals surface area contributed by atoms with Crippen molar-refractivity contribution in [1.82, 2.24) is 5.32 Å². The first kappa shape index (κ1) is 20.7. The van der Waals surface area contributed by atoms with E-state index in [9.17, 15) is 4.79 Å². The zero-order valence-corrected chi connectivity index (χ0v) is 17.2. The van der Waals surface area contributed by atoms with Gasteiger partial charge in [0.15, 0.2) is 0 Å². The second-order valence-corrected chi connectivity index (χ2v) is 7.48. The van der Waals surface area contributed by atoms with Crippen LogP contribution in [0.5, 0.6) is 5.75 Å². The molecule has 0 aromatic heterocycles. The third kappa shape index (κ3) is 5.51. The first-order valence-corrected chi connectivity index (χ1v) is 10.3. The van der Waals surface area contributed by atoms with E-state index >= 15 is 0 Å². The number of nitriles is 1. The number of nitrogens with zero attached hydrogens (tertiary/aromatic N) is 2. The van der Waals surface area contributed by atoms with Gasteiger partial charge in [-0.3, -0.25) is 4.79 Å². The lowest BCUT2D eigenvalue weighted by molar-refractivity contribution is -0.120. The largest absolute Gasteiger partial charge is 0.494 e. The Morgan fingerprint density at radius 3 is 2.41 bits per heavy atom. The van der Waals surface area contributed by atoms with Gasteiger partial charge in [-0.25, -0.2) is 0 Å². The molecule has 0 radical (unpaired) electrons. The monoisotopic (exact) mass is 391 g/mol. The zero-order valence-electron chi connectivity index (χ0n) is 17.2. The van der Waals surface area contributed by atoms with Crippen molar-refractivity contribution in [3.8, 4) is 11.8 Å². The lowest BCUT2D eigenvalue weighted by atomic mass is 9.88. The number of benzene rings is 2. The fourth-order valence-electron chi connectivity index (χ4n) is 3.90. The molecule has 0 bridgehead atoms. The number of amides is 1. The Morgan fingerprint density at radius 1 is 1.17 bits per heavy atom. The second-order valence-electron chi connectivity index (χ2n) is 7.48. The molecule has 2 aromatic rings. The number of hydrogen-bond donors (Lipinski definition) is 1. The van der Waals surface area contributed by atoms with E-state index < -0.39 is 0 Å². The summed E-state index contributed by atoms with van der Waals surface area (Å²) in [5, 5.41) is 11.5. The van der Waals surface area contributed by atoms with Crippen LogP contribution in [0.2, 0.25) is 0 Å². The second kappa shape index (κ2) is 9.97. The lowest BCUT2D eigenvalue weighted by Crippen LogP contribution is -2.32. The first-order valence-electron chi connectivity index (χ1n) is 10.3. The maximum atomic E-state index is 11.6. The van der Waals surface area contributed by atoms with Gasteiger partial charge in [-0.15, -0.1) is 0 Å². The van der Waals surface area contributed by atoms with Crippen LogP contribution >= 0.6 is 0 Å². The molecule has 29 heavy (non-hydrogen) atoms. The molecule has 1 fully saturated rings. The molecular weight excluding hydrogens is 362 g/mol. The topological polar surface area (TPSA) is 65.4 Å². The highest BCUT2D eigenvalue weighted by Gasteiger charge is 2.21. The van der Waals surface area contributed by atoms with Crippen LogP contribution < -0.4 is 15.0 Å². The molecule has 1 aliphatic rings. The molecule has 2 aromatic carbocycles. The van der Waals surface area contributed by atoms with Gasteiger partial charge in [0.2, 0.25) is 5.91 Å². The third-order valence-corrected chi connectivity index (χ3v) is 5.53. The highest BCUT2D eigenvalue weighted by atomic mass is 16.5. The molecule has 1 amide bonds. The van der Waals surface area contributed by atoms with Crippen molar-refractivity contribution in [1.29, 1.82) is 5.26 Å². The van der Waals surface area contributed by atoms with E-state index in [2.05, 4.69) is 46.6 Å². The summed E-state index contributed by atoms with van der Waals surface area (Å²) in [7, 11) is 0. The maximum Gasteiger partial charge on any atom is 0.234 e. The van der Waals surface area contributed by atoms with Crippen molar-refractivity contribution >= 4 is 11.6 Å². The van der Waals surface area contributed by atoms with Crippen molar-refractivity contribution < 1.29 is 9.53 Å². The number of carbonyl (C=O) groups is 1. The SMILES string of the molecule is CCOc1ccc(N2CCC(c3ccc([C@H](C)NC(=O)CC#N)cc3)CC2)cc1. The number of rotatable bonds is 7. The Hall–Kier alpha value is -3.00. The van der Waals surface area contributed by atoms with Gasteiger partial charge < -0.3 is 15.0 Å². The van der Waals surface area contributed by atoms with Crippen LogP contribution in [0.25, 0.3) is 0 Å². The van der Waals surface area contributed by atoms with Crippen LogP contribution in [0.1, 0.15) is 56.2 Å². The summed E-state index contributed by atoms with van der Waals surface area (Å²) in [6.07, 6.45) is 2.15. The molecule has 5 nitrogen and oxygen atoms in total. The highest BCUT2D eigenvalue weighted by Crippen LogP contribution is 2.31. The number of anilines is 1. The van der Waals surface area contributed by atoms with Crippen molar-refractivity contribution in [3.05, 3.63) is 59.7 Å². The quantitative estimate of drug-likeness (QED) is 0.751. The fraction of sp³-hybridized carbons (Fsp3) is 0.417. The Labute approximate surface area is 173 Å². The first-order chi connectivity index (χ1) is 14.1. The van der Waals surface area contributed by atoms with Crippen molar-refractivity contribution in [2.75, 3.05) is 24.6 Å². The molecule has 0 unspecified atom stereocenters.